The predicted molar refractivity (Wildman–Crippen MR) is 44.8 cm³/mol. The van der Waals surface area contributed by atoms with Crippen LogP contribution in [-0.2, 0) is 0 Å². The molecule has 0 bridgehead atoms. The first-order chi connectivity index (χ1) is 4.72. The maximum atomic E-state index is 8.63. The van der Waals surface area contributed by atoms with E-state index in [4.69, 9.17) is 5.11 Å². The molecule has 2 unspecified atom stereocenters. The molecule has 0 fully saturated rings. The van der Waals surface area contributed by atoms with Gasteiger partial charge in [-0.3, -0.25) is 0 Å². The highest BCUT2D eigenvalue weighted by Crippen LogP contribution is 2.17. The lowest BCUT2D eigenvalue weighted by molar-refractivity contribution is 0.236. The van der Waals surface area contributed by atoms with Crippen molar-refractivity contribution < 1.29 is 5.11 Å². The molecule has 0 aliphatic carbocycles. The molecule has 0 spiro atoms. The molecule has 0 aliphatic rings. The molecular weight excluding hydrogens is 124 g/mol. The topological polar surface area (TPSA) is 20.2 Å². The van der Waals surface area contributed by atoms with Crippen LogP contribution in [0.15, 0.2) is 12.7 Å². The Hall–Kier alpha value is -0.300. The average Bonchev–Trinajstić information content (AvgIpc) is 1.89. The molecule has 0 amide bonds. The van der Waals surface area contributed by atoms with Crippen molar-refractivity contribution in [2.24, 2.45) is 11.8 Å². The van der Waals surface area contributed by atoms with Gasteiger partial charge in [0.15, 0.2) is 0 Å². The monoisotopic (exact) mass is 142 g/mol. The van der Waals surface area contributed by atoms with E-state index in [2.05, 4.69) is 20.4 Å². The van der Waals surface area contributed by atoms with E-state index < -0.39 is 0 Å². The van der Waals surface area contributed by atoms with Crippen molar-refractivity contribution in [1.29, 1.82) is 0 Å². The zero-order valence-corrected chi connectivity index (χ0v) is 7.01. The zero-order chi connectivity index (χ0) is 7.98. The first-order valence-electron chi connectivity index (χ1n) is 3.94. The van der Waals surface area contributed by atoms with Gasteiger partial charge in [-0.1, -0.05) is 19.9 Å². The quantitative estimate of drug-likeness (QED) is 0.583. The largest absolute Gasteiger partial charge is 0.396 e. The third-order valence-electron chi connectivity index (χ3n) is 2.09. The highest BCUT2D eigenvalue weighted by molar-refractivity contribution is 4.73. The van der Waals surface area contributed by atoms with Crippen LogP contribution in [0.4, 0.5) is 0 Å². The highest BCUT2D eigenvalue weighted by atomic mass is 16.3. The van der Waals surface area contributed by atoms with Gasteiger partial charge in [0, 0.05) is 6.61 Å². The van der Waals surface area contributed by atoms with Gasteiger partial charge in [-0.25, -0.2) is 0 Å². The van der Waals surface area contributed by atoms with E-state index in [0.717, 1.165) is 12.8 Å². The van der Waals surface area contributed by atoms with E-state index in [-0.39, 0.29) is 0 Å². The summed E-state index contributed by atoms with van der Waals surface area (Å²) in [5, 5.41) is 8.63. The van der Waals surface area contributed by atoms with Crippen LogP contribution in [0.25, 0.3) is 0 Å². The number of aliphatic hydroxyl groups excluding tert-OH is 1. The number of aliphatic hydroxyl groups is 1. The Balaban J connectivity index is 3.47. The Kier molecular flexibility index (Phi) is 5.32. The third-order valence-corrected chi connectivity index (χ3v) is 2.09. The molecule has 0 aromatic heterocycles. The number of rotatable bonds is 5. The average molecular weight is 142 g/mol. The molecule has 10 heavy (non-hydrogen) atoms. The molecule has 0 saturated carbocycles. The van der Waals surface area contributed by atoms with Crippen LogP contribution < -0.4 is 0 Å². The molecule has 1 nitrogen and oxygen atoms in total. The summed E-state index contributed by atoms with van der Waals surface area (Å²) in [5.41, 5.74) is 0. The Morgan fingerprint density at radius 2 is 2.00 bits per heavy atom. The van der Waals surface area contributed by atoms with Crippen LogP contribution in [0.2, 0.25) is 0 Å². The predicted octanol–water partition coefficient (Wildman–Crippen LogP) is 2.22. The molecule has 0 saturated heterocycles. The second-order valence-corrected chi connectivity index (χ2v) is 2.99. The molecule has 0 heterocycles. The summed E-state index contributed by atoms with van der Waals surface area (Å²) in [7, 11) is 0. The fraction of sp³-hybridized carbons (Fsp3) is 0.778. The van der Waals surface area contributed by atoms with Crippen molar-refractivity contribution in [1.82, 2.24) is 0 Å². The van der Waals surface area contributed by atoms with Crippen molar-refractivity contribution >= 4 is 0 Å². The fourth-order valence-electron chi connectivity index (χ4n) is 0.983. The van der Waals surface area contributed by atoms with E-state index in [9.17, 15) is 0 Å². The minimum absolute atomic E-state index is 0.308. The van der Waals surface area contributed by atoms with E-state index in [1.54, 1.807) is 0 Å². The maximum Gasteiger partial charge on any atom is 0.0433 e. The molecule has 0 rings (SSSR count). The Labute approximate surface area is 63.8 Å². The van der Waals surface area contributed by atoms with Gasteiger partial charge in [0.05, 0.1) is 0 Å². The third kappa shape index (κ3) is 3.67. The van der Waals surface area contributed by atoms with E-state index in [1.165, 1.54) is 0 Å². The lowest BCUT2D eigenvalue weighted by atomic mass is 9.91. The number of allylic oxidation sites excluding steroid dienone is 1. The zero-order valence-electron chi connectivity index (χ0n) is 7.01. The van der Waals surface area contributed by atoms with Crippen molar-refractivity contribution in [2.45, 2.75) is 26.7 Å². The second kappa shape index (κ2) is 5.48. The molecule has 0 radical (unpaired) electrons. The molecule has 0 aromatic carbocycles. The normalized spacial score (nSPS) is 16.3. The summed E-state index contributed by atoms with van der Waals surface area (Å²) in [5.74, 6) is 1.27. The molecule has 0 aliphatic heterocycles. The molecule has 60 valence electrons. The first-order valence-corrected chi connectivity index (χ1v) is 3.94. The fourth-order valence-corrected chi connectivity index (χ4v) is 0.983. The molecular formula is C9H18O. The van der Waals surface area contributed by atoms with Crippen molar-refractivity contribution in [2.75, 3.05) is 6.61 Å². The smallest absolute Gasteiger partial charge is 0.0433 e. The minimum atomic E-state index is 0.308. The van der Waals surface area contributed by atoms with Gasteiger partial charge in [0.25, 0.3) is 0 Å². The van der Waals surface area contributed by atoms with Crippen molar-refractivity contribution in [3.63, 3.8) is 0 Å². The summed E-state index contributed by atoms with van der Waals surface area (Å²) in [4.78, 5) is 0. The van der Waals surface area contributed by atoms with Gasteiger partial charge in [-0.05, 0) is 24.7 Å². The van der Waals surface area contributed by atoms with Crippen LogP contribution in [-0.4, -0.2) is 11.7 Å². The number of hydrogen-bond donors (Lipinski definition) is 1. The molecule has 2 atom stereocenters. The summed E-state index contributed by atoms with van der Waals surface area (Å²) < 4.78 is 0. The van der Waals surface area contributed by atoms with Crippen LogP contribution in [0.1, 0.15) is 26.7 Å². The Morgan fingerprint density at radius 1 is 1.40 bits per heavy atom. The SMILES string of the molecule is C=CCC(C)C(C)CCO. The van der Waals surface area contributed by atoms with Crippen molar-refractivity contribution in [3.05, 3.63) is 12.7 Å². The summed E-state index contributed by atoms with van der Waals surface area (Å²) in [6, 6.07) is 0. The van der Waals surface area contributed by atoms with E-state index >= 15 is 0 Å². The summed E-state index contributed by atoms with van der Waals surface area (Å²) in [6.07, 6.45) is 3.91. The van der Waals surface area contributed by atoms with Crippen LogP contribution in [0, 0.1) is 11.8 Å². The highest BCUT2D eigenvalue weighted by Gasteiger charge is 2.08. The van der Waals surface area contributed by atoms with Crippen LogP contribution >= 0.6 is 0 Å². The van der Waals surface area contributed by atoms with Gasteiger partial charge in [-0.2, -0.15) is 0 Å². The summed E-state index contributed by atoms with van der Waals surface area (Å²) >= 11 is 0. The van der Waals surface area contributed by atoms with Gasteiger partial charge >= 0.3 is 0 Å². The maximum absolute atomic E-state index is 8.63. The number of hydrogen-bond acceptors (Lipinski definition) is 1. The molecule has 1 N–H and O–H groups in total. The lowest BCUT2D eigenvalue weighted by Gasteiger charge is -2.16. The van der Waals surface area contributed by atoms with Crippen LogP contribution in [0.3, 0.4) is 0 Å². The lowest BCUT2D eigenvalue weighted by Crippen LogP contribution is -2.08. The molecule has 0 aromatic rings. The first kappa shape index (κ1) is 9.70. The van der Waals surface area contributed by atoms with Crippen LogP contribution in [0.5, 0.6) is 0 Å². The van der Waals surface area contributed by atoms with E-state index in [1.807, 2.05) is 6.08 Å². The van der Waals surface area contributed by atoms with Crippen molar-refractivity contribution in [3.8, 4) is 0 Å². The standard InChI is InChI=1S/C9H18O/c1-4-5-8(2)9(3)6-7-10/h4,8-10H,1,5-7H2,2-3H3. The van der Waals surface area contributed by atoms with E-state index in [0.29, 0.717) is 18.4 Å². The van der Waals surface area contributed by atoms with Gasteiger partial charge in [-0.15, -0.1) is 6.58 Å². The second-order valence-electron chi connectivity index (χ2n) is 2.99. The van der Waals surface area contributed by atoms with Gasteiger partial charge < -0.3 is 5.11 Å². The van der Waals surface area contributed by atoms with Gasteiger partial charge in [0.1, 0.15) is 0 Å². The molecule has 1 heteroatoms. The summed E-state index contributed by atoms with van der Waals surface area (Å²) in [6.45, 7) is 8.36. The van der Waals surface area contributed by atoms with Gasteiger partial charge in [0.2, 0.25) is 0 Å². The minimum Gasteiger partial charge on any atom is -0.396 e. The Bertz CT molecular complexity index is 88.7. The Morgan fingerprint density at radius 3 is 2.40 bits per heavy atom.